The molecule has 1 aromatic carbocycles. The zero-order chi connectivity index (χ0) is 15.6. The third-order valence-corrected chi connectivity index (χ3v) is 3.29. The largest absolute Gasteiger partial charge is 0.355 e. The SMILES string of the molecule is CC(C)CCNC(=O)CN1C(=O)c2cccc(F)c2C1=O. The molecule has 0 unspecified atom stereocenters. The van der Waals surface area contributed by atoms with Gasteiger partial charge in [0.1, 0.15) is 12.4 Å². The number of imide groups is 1. The van der Waals surface area contributed by atoms with Crippen LogP contribution in [0.4, 0.5) is 4.39 Å². The molecule has 3 amide bonds. The Labute approximate surface area is 122 Å². The number of halogens is 1. The van der Waals surface area contributed by atoms with E-state index in [2.05, 4.69) is 5.32 Å². The molecule has 21 heavy (non-hydrogen) atoms. The Hall–Kier alpha value is -2.24. The second-order valence-corrected chi connectivity index (χ2v) is 5.39. The lowest BCUT2D eigenvalue weighted by Gasteiger charge is -2.14. The van der Waals surface area contributed by atoms with Crippen LogP contribution < -0.4 is 5.32 Å². The maximum atomic E-state index is 13.6. The summed E-state index contributed by atoms with van der Waals surface area (Å²) in [7, 11) is 0. The third-order valence-electron chi connectivity index (χ3n) is 3.29. The molecule has 1 aliphatic heterocycles. The van der Waals surface area contributed by atoms with Gasteiger partial charge in [-0.25, -0.2) is 4.39 Å². The molecule has 1 aromatic rings. The summed E-state index contributed by atoms with van der Waals surface area (Å²) in [5.41, 5.74) is -0.243. The van der Waals surface area contributed by atoms with Crippen LogP contribution in [0.1, 0.15) is 41.0 Å². The fourth-order valence-electron chi connectivity index (χ4n) is 2.14. The number of benzene rings is 1. The topological polar surface area (TPSA) is 66.5 Å². The van der Waals surface area contributed by atoms with Crippen LogP contribution in [0, 0.1) is 11.7 Å². The molecular weight excluding hydrogens is 275 g/mol. The lowest BCUT2D eigenvalue weighted by Crippen LogP contribution is -2.40. The van der Waals surface area contributed by atoms with E-state index in [0.29, 0.717) is 12.5 Å². The van der Waals surface area contributed by atoms with Gasteiger partial charge in [-0.1, -0.05) is 19.9 Å². The average Bonchev–Trinajstić information content (AvgIpc) is 2.65. The molecule has 0 aromatic heterocycles. The van der Waals surface area contributed by atoms with Crippen LogP contribution in [0.3, 0.4) is 0 Å². The van der Waals surface area contributed by atoms with Gasteiger partial charge in [0.25, 0.3) is 11.8 Å². The van der Waals surface area contributed by atoms with Crippen molar-refractivity contribution in [3.05, 3.63) is 35.1 Å². The third kappa shape index (κ3) is 3.09. The first kappa shape index (κ1) is 15.2. The normalized spacial score (nSPS) is 13.8. The molecule has 0 atom stereocenters. The Bertz CT molecular complexity index is 599. The first-order valence-corrected chi connectivity index (χ1v) is 6.83. The fraction of sp³-hybridized carbons (Fsp3) is 0.400. The molecule has 0 aliphatic carbocycles. The summed E-state index contributed by atoms with van der Waals surface area (Å²) in [6, 6.07) is 3.87. The zero-order valence-electron chi connectivity index (χ0n) is 12.0. The molecule has 2 rings (SSSR count). The van der Waals surface area contributed by atoms with Crippen molar-refractivity contribution in [2.45, 2.75) is 20.3 Å². The molecule has 1 heterocycles. The minimum atomic E-state index is -0.757. The van der Waals surface area contributed by atoms with Crippen molar-refractivity contribution in [2.24, 2.45) is 5.92 Å². The summed E-state index contributed by atoms with van der Waals surface area (Å²) >= 11 is 0. The Kier molecular flexibility index (Phi) is 4.35. The van der Waals surface area contributed by atoms with Gasteiger partial charge in [0.15, 0.2) is 0 Å². The highest BCUT2D eigenvalue weighted by atomic mass is 19.1. The van der Waals surface area contributed by atoms with Crippen LogP contribution >= 0.6 is 0 Å². The molecule has 0 fully saturated rings. The van der Waals surface area contributed by atoms with Gasteiger partial charge in [0.05, 0.1) is 11.1 Å². The van der Waals surface area contributed by atoms with Crippen molar-refractivity contribution in [2.75, 3.05) is 13.1 Å². The minimum Gasteiger partial charge on any atom is -0.355 e. The van der Waals surface area contributed by atoms with Crippen molar-refractivity contribution in [3.8, 4) is 0 Å². The summed E-state index contributed by atoms with van der Waals surface area (Å²) in [4.78, 5) is 36.6. The van der Waals surface area contributed by atoms with E-state index in [1.54, 1.807) is 0 Å². The predicted octanol–water partition coefficient (Wildman–Crippen LogP) is 1.58. The second kappa shape index (κ2) is 6.03. The van der Waals surface area contributed by atoms with Crippen molar-refractivity contribution in [3.63, 3.8) is 0 Å². The summed E-state index contributed by atoms with van der Waals surface area (Å²) in [6.45, 7) is 4.15. The second-order valence-electron chi connectivity index (χ2n) is 5.39. The lowest BCUT2D eigenvalue weighted by molar-refractivity contribution is -0.121. The first-order chi connectivity index (χ1) is 9.91. The molecule has 0 spiro atoms. The number of carbonyl (C=O) groups excluding carboxylic acids is 3. The number of fused-ring (bicyclic) bond motifs is 1. The molecule has 0 saturated carbocycles. The van der Waals surface area contributed by atoms with E-state index < -0.39 is 23.5 Å². The van der Waals surface area contributed by atoms with Crippen LogP contribution in [0.15, 0.2) is 18.2 Å². The summed E-state index contributed by atoms with van der Waals surface area (Å²) in [5.74, 6) is -2.11. The Balaban J connectivity index is 2.03. The Morgan fingerprint density at radius 3 is 2.62 bits per heavy atom. The van der Waals surface area contributed by atoms with Crippen LogP contribution in [0.2, 0.25) is 0 Å². The van der Waals surface area contributed by atoms with Crippen LogP contribution in [-0.2, 0) is 4.79 Å². The van der Waals surface area contributed by atoms with E-state index in [-0.39, 0.29) is 17.7 Å². The quantitative estimate of drug-likeness (QED) is 0.838. The number of carbonyl (C=O) groups is 3. The molecule has 5 nitrogen and oxygen atoms in total. The van der Waals surface area contributed by atoms with E-state index in [4.69, 9.17) is 0 Å². The van der Waals surface area contributed by atoms with Gasteiger partial charge in [0.2, 0.25) is 5.91 Å². The number of hydrogen-bond donors (Lipinski definition) is 1. The standard InChI is InChI=1S/C15H17FN2O3/c1-9(2)6-7-17-12(19)8-18-14(20)10-4-3-5-11(16)13(10)15(18)21/h3-5,9H,6-8H2,1-2H3,(H,17,19). The van der Waals surface area contributed by atoms with E-state index in [1.807, 2.05) is 13.8 Å². The summed E-state index contributed by atoms with van der Waals surface area (Å²) < 4.78 is 13.6. The van der Waals surface area contributed by atoms with E-state index in [1.165, 1.54) is 12.1 Å². The van der Waals surface area contributed by atoms with Crippen molar-refractivity contribution in [1.29, 1.82) is 0 Å². The highest BCUT2D eigenvalue weighted by molar-refractivity contribution is 6.22. The van der Waals surface area contributed by atoms with Gasteiger partial charge in [-0.3, -0.25) is 19.3 Å². The van der Waals surface area contributed by atoms with Crippen molar-refractivity contribution >= 4 is 17.7 Å². The van der Waals surface area contributed by atoms with Gasteiger partial charge >= 0.3 is 0 Å². The predicted molar refractivity (Wildman–Crippen MR) is 74.2 cm³/mol. The van der Waals surface area contributed by atoms with Crippen molar-refractivity contribution in [1.82, 2.24) is 10.2 Å². The Morgan fingerprint density at radius 1 is 1.29 bits per heavy atom. The van der Waals surface area contributed by atoms with E-state index >= 15 is 0 Å². The molecule has 6 heteroatoms. The van der Waals surface area contributed by atoms with Crippen LogP contribution in [0.25, 0.3) is 0 Å². The van der Waals surface area contributed by atoms with Gasteiger partial charge < -0.3 is 5.32 Å². The maximum Gasteiger partial charge on any atom is 0.265 e. The minimum absolute atomic E-state index is 0.00924. The highest BCUT2D eigenvalue weighted by Gasteiger charge is 2.38. The number of rotatable bonds is 5. The summed E-state index contributed by atoms with van der Waals surface area (Å²) in [5, 5.41) is 2.64. The lowest BCUT2D eigenvalue weighted by atomic mass is 10.1. The van der Waals surface area contributed by atoms with Crippen LogP contribution in [0.5, 0.6) is 0 Å². The van der Waals surface area contributed by atoms with E-state index in [0.717, 1.165) is 17.4 Å². The molecule has 0 radical (unpaired) electrons. The van der Waals surface area contributed by atoms with Gasteiger partial charge in [-0.15, -0.1) is 0 Å². The first-order valence-electron chi connectivity index (χ1n) is 6.83. The number of amides is 3. The molecule has 1 aliphatic rings. The number of nitrogens with one attached hydrogen (secondary N) is 1. The maximum absolute atomic E-state index is 13.6. The van der Waals surface area contributed by atoms with Gasteiger partial charge in [-0.2, -0.15) is 0 Å². The fourth-order valence-corrected chi connectivity index (χ4v) is 2.14. The van der Waals surface area contributed by atoms with E-state index in [9.17, 15) is 18.8 Å². The molecule has 0 saturated heterocycles. The smallest absolute Gasteiger partial charge is 0.265 e. The number of nitrogens with zero attached hydrogens (tertiary/aromatic N) is 1. The van der Waals surface area contributed by atoms with Crippen LogP contribution in [-0.4, -0.2) is 35.7 Å². The monoisotopic (exact) mass is 292 g/mol. The molecule has 0 bridgehead atoms. The summed E-state index contributed by atoms with van der Waals surface area (Å²) in [6.07, 6.45) is 0.808. The Morgan fingerprint density at radius 2 is 2.00 bits per heavy atom. The highest BCUT2D eigenvalue weighted by Crippen LogP contribution is 2.24. The van der Waals surface area contributed by atoms with Gasteiger partial charge in [-0.05, 0) is 24.5 Å². The molecule has 1 N–H and O–H groups in total. The molecular formula is C15H17FN2O3. The molecule has 112 valence electrons. The number of hydrogen-bond acceptors (Lipinski definition) is 3. The zero-order valence-corrected chi connectivity index (χ0v) is 12.0. The average molecular weight is 292 g/mol. The van der Waals surface area contributed by atoms with Crippen molar-refractivity contribution < 1.29 is 18.8 Å². The van der Waals surface area contributed by atoms with Gasteiger partial charge in [0, 0.05) is 6.54 Å².